The van der Waals surface area contributed by atoms with E-state index >= 15 is 0 Å². The monoisotopic (exact) mass is 223 g/mol. The molecule has 0 unspecified atom stereocenters. The predicted molar refractivity (Wildman–Crippen MR) is 66.3 cm³/mol. The lowest BCUT2D eigenvalue weighted by molar-refractivity contribution is 0.351. The first-order chi connectivity index (χ1) is 7.74. The zero-order valence-corrected chi connectivity index (χ0v) is 10.4. The van der Waals surface area contributed by atoms with Gasteiger partial charge in [0.1, 0.15) is 0 Å². The summed E-state index contributed by atoms with van der Waals surface area (Å²) in [5.41, 5.74) is 7.98. The maximum absolute atomic E-state index is 5.50. The molecule has 3 heteroatoms. The van der Waals surface area contributed by atoms with E-state index in [9.17, 15) is 0 Å². The standard InChI is InChI=1S/C13H21NO2/c1-10-7-8-12(15-2)13(16-3)11(10)6-4-5-9-14/h7-8H,4-6,9,14H2,1-3H3. The molecular formula is C13H21NO2. The average molecular weight is 223 g/mol. The third-order valence-corrected chi connectivity index (χ3v) is 2.76. The van der Waals surface area contributed by atoms with Gasteiger partial charge >= 0.3 is 0 Å². The van der Waals surface area contributed by atoms with Gasteiger partial charge < -0.3 is 15.2 Å². The maximum Gasteiger partial charge on any atom is 0.164 e. The molecule has 16 heavy (non-hydrogen) atoms. The smallest absolute Gasteiger partial charge is 0.164 e. The highest BCUT2D eigenvalue weighted by atomic mass is 16.5. The number of rotatable bonds is 6. The second-order valence-electron chi connectivity index (χ2n) is 3.84. The first-order valence-corrected chi connectivity index (χ1v) is 5.65. The summed E-state index contributed by atoms with van der Waals surface area (Å²) in [4.78, 5) is 0. The van der Waals surface area contributed by atoms with Gasteiger partial charge in [0, 0.05) is 5.56 Å². The lowest BCUT2D eigenvalue weighted by Gasteiger charge is -2.15. The topological polar surface area (TPSA) is 44.5 Å². The van der Waals surface area contributed by atoms with E-state index in [-0.39, 0.29) is 0 Å². The van der Waals surface area contributed by atoms with E-state index in [1.54, 1.807) is 14.2 Å². The van der Waals surface area contributed by atoms with Crippen LogP contribution in [0.4, 0.5) is 0 Å². The highest BCUT2D eigenvalue weighted by molar-refractivity contribution is 5.50. The summed E-state index contributed by atoms with van der Waals surface area (Å²) >= 11 is 0. The average Bonchev–Trinajstić information content (AvgIpc) is 2.31. The minimum Gasteiger partial charge on any atom is -0.493 e. The summed E-state index contributed by atoms with van der Waals surface area (Å²) in [7, 11) is 3.35. The third-order valence-electron chi connectivity index (χ3n) is 2.76. The van der Waals surface area contributed by atoms with Gasteiger partial charge in [0.2, 0.25) is 0 Å². The zero-order chi connectivity index (χ0) is 12.0. The Bertz CT molecular complexity index is 337. The molecule has 0 aliphatic heterocycles. The highest BCUT2D eigenvalue weighted by Crippen LogP contribution is 2.34. The molecule has 0 aliphatic rings. The number of benzene rings is 1. The fraction of sp³-hybridized carbons (Fsp3) is 0.538. The van der Waals surface area contributed by atoms with Gasteiger partial charge in [-0.25, -0.2) is 0 Å². The Morgan fingerprint density at radius 1 is 1.12 bits per heavy atom. The van der Waals surface area contributed by atoms with Crippen molar-refractivity contribution in [3.63, 3.8) is 0 Å². The van der Waals surface area contributed by atoms with E-state index in [0.29, 0.717) is 0 Å². The van der Waals surface area contributed by atoms with Gasteiger partial charge in [0.05, 0.1) is 14.2 Å². The molecule has 3 nitrogen and oxygen atoms in total. The van der Waals surface area contributed by atoms with Crippen molar-refractivity contribution < 1.29 is 9.47 Å². The maximum atomic E-state index is 5.50. The molecule has 2 N–H and O–H groups in total. The van der Waals surface area contributed by atoms with Gasteiger partial charge in [-0.1, -0.05) is 6.07 Å². The summed E-state index contributed by atoms with van der Waals surface area (Å²) in [5, 5.41) is 0. The number of aryl methyl sites for hydroxylation is 1. The highest BCUT2D eigenvalue weighted by Gasteiger charge is 2.11. The van der Waals surface area contributed by atoms with Crippen LogP contribution < -0.4 is 15.2 Å². The molecule has 0 bridgehead atoms. The first kappa shape index (κ1) is 12.8. The lowest BCUT2D eigenvalue weighted by atomic mass is 10.0. The molecule has 0 heterocycles. The Labute approximate surface area is 97.6 Å². The van der Waals surface area contributed by atoms with Crippen LogP contribution in [0.3, 0.4) is 0 Å². The molecule has 0 fully saturated rings. The van der Waals surface area contributed by atoms with Crippen molar-refractivity contribution in [1.82, 2.24) is 0 Å². The van der Waals surface area contributed by atoms with Crippen LogP contribution in [0.25, 0.3) is 0 Å². The van der Waals surface area contributed by atoms with Crippen molar-refractivity contribution in [1.29, 1.82) is 0 Å². The van der Waals surface area contributed by atoms with Crippen molar-refractivity contribution in [2.24, 2.45) is 5.73 Å². The lowest BCUT2D eigenvalue weighted by Crippen LogP contribution is -2.02. The summed E-state index contributed by atoms with van der Waals surface area (Å²) in [6.07, 6.45) is 3.12. The summed E-state index contributed by atoms with van der Waals surface area (Å²) in [6, 6.07) is 4.01. The fourth-order valence-electron chi connectivity index (χ4n) is 1.85. The number of hydrogen-bond donors (Lipinski definition) is 1. The van der Waals surface area contributed by atoms with Crippen molar-refractivity contribution in [2.75, 3.05) is 20.8 Å². The molecule has 1 aromatic carbocycles. The Hall–Kier alpha value is -1.22. The van der Waals surface area contributed by atoms with Gasteiger partial charge in [0.15, 0.2) is 11.5 Å². The zero-order valence-electron chi connectivity index (χ0n) is 10.4. The molecule has 90 valence electrons. The van der Waals surface area contributed by atoms with Crippen LogP contribution in [0.15, 0.2) is 12.1 Å². The van der Waals surface area contributed by atoms with Crippen LogP contribution in [0.1, 0.15) is 24.0 Å². The summed E-state index contributed by atoms with van der Waals surface area (Å²) in [6.45, 7) is 2.84. The van der Waals surface area contributed by atoms with E-state index in [4.69, 9.17) is 15.2 Å². The molecule has 0 atom stereocenters. The van der Waals surface area contributed by atoms with Crippen LogP contribution >= 0.6 is 0 Å². The second kappa shape index (κ2) is 6.38. The molecule has 0 saturated heterocycles. The Morgan fingerprint density at radius 3 is 2.44 bits per heavy atom. The van der Waals surface area contributed by atoms with Crippen LogP contribution in [0.2, 0.25) is 0 Å². The molecule has 0 spiro atoms. The SMILES string of the molecule is COc1ccc(C)c(CCCCN)c1OC. The molecule has 0 aliphatic carbocycles. The van der Waals surface area contributed by atoms with Crippen molar-refractivity contribution in [2.45, 2.75) is 26.2 Å². The summed E-state index contributed by atoms with van der Waals surface area (Å²) < 4.78 is 10.7. The van der Waals surface area contributed by atoms with E-state index in [1.165, 1.54) is 11.1 Å². The predicted octanol–water partition coefficient (Wildman–Crippen LogP) is 2.29. The number of nitrogens with two attached hydrogens (primary N) is 1. The van der Waals surface area contributed by atoms with Gasteiger partial charge in [-0.05, 0) is 44.4 Å². The van der Waals surface area contributed by atoms with Crippen LogP contribution in [-0.4, -0.2) is 20.8 Å². The van der Waals surface area contributed by atoms with Crippen molar-refractivity contribution >= 4 is 0 Å². The van der Waals surface area contributed by atoms with Gasteiger partial charge in [0.25, 0.3) is 0 Å². The molecule has 0 saturated carbocycles. The van der Waals surface area contributed by atoms with E-state index in [2.05, 4.69) is 13.0 Å². The molecule has 1 rings (SSSR count). The van der Waals surface area contributed by atoms with Crippen LogP contribution in [0.5, 0.6) is 11.5 Å². The normalized spacial score (nSPS) is 10.2. The van der Waals surface area contributed by atoms with Crippen molar-refractivity contribution in [3.05, 3.63) is 23.3 Å². The van der Waals surface area contributed by atoms with E-state index in [1.807, 2.05) is 6.07 Å². The Kier molecular flexibility index (Phi) is 5.12. The number of unbranched alkanes of at least 4 members (excludes halogenated alkanes) is 1. The largest absolute Gasteiger partial charge is 0.493 e. The number of methoxy groups -OCH3 is 2. The minimum atomic E-state index is 0.741. The third kappa shape index (κ3) is 2.89. The Balaban J connectivity index is 2.94. The van der Waals surface area contributed by atoms with E-state index in [0.717, 1.165) is 37.3 Å². The molecule has 0 amide bonds. The van der Waals surface area contributed by atoms with E-state index < -0.39 is 0 Å². The van der Waals surface area contributed by atoms with Crippen LogP contribution in [-0.2, 0) is 6.42 Å². The van der Waals surface area contributed by atoms with Gasteiger partial charge in [-0.2, -0.15) is 0 Å². The van der Waals surface area contributed by atoms with Gasteiger partial charge in [-0.15, -0.1) is 0 Å². The fourth-order valence-corrected chi connectivity index (χ4v) is 1.85. The second-order valence-corrected chi connectivity index (χ2v) is 3.84. The number of hydrogen-bond acceptors (Lipinski definition) is 3. The minimum absolute atomic E-state index is 0.741. The quantitative estimate of drug-likeness (QED) is 0.753. The summed E-state index contributed by atoms with van der Waals surface area (Å²) in [5.74, 6) is 1.66. The van der Waals surface area contributed by atoms with Crippen LogP contribution in [0, 0.1) is 6.92 Å². The number of ether oxygens (including phenoxy) is 2. The molecule has 0 radical (unpaired) electrons. The molecule has 1 aromatic rings. The molecular weight excluding hydrogens is 202 g/mol. The molecule has 0 aromatic heterocycles. The van der Waals surface area contributed by atoms with Crippen molar-refractivity contribution in [3.8, 4) is 11.5 Å². The van der Waals surface area contributed by atoms with Gasteiger partial charge in [-0.3, -0.25) is 0 Å². The first-order valence-electron chi connectivity index (χ1n) is 5.65. The Morgan fingerprint density at radius 2 is 1.88 bits per heavy atom.